The van der Waals surface area contributed by atoms with Crippen molar-refractivity contribution in [2.45, 2.75) is 10.9 Å². The average Bonchev–Trinajstić information content (AvgIpc) is 3.05. The summed E-state index contributed by atoms with van der Waals surface area (Å²) in [5.41, 5.74) is 7.56. The first kappa shape index (κ1) is 17.8. The molecule has 1 aromatic heterocycles. The molecule has 0 unspecified atom stereocenters. The molecule has 0 radical (unpaired) electrons. The van der Waals surface area contributed by atoms with E-state index in [1.54, 1.807) is 48.3 Å². The van der Waals surface area contributed by atoms with Gasteiger partial charge in [0.2, 0.25) is 0 Å². The van der Waals surface area contributed by atoms with Gasteiger partial charge in [0.15, 0.2) is 5.16 Å². The monoisotopic (exact) mass is 366 g/mol. The molecule has 0 aliphatic rings. The van der Waals surface area contributed by atoms with Crippen LogP contribution in [0.4, 0.5) is 5.69 Å². The van der Waals surface area contributed by atoms with Gasteiger partial charge in [0.05, 0.1) is 11.3 Å². The summed E-state index contributed by atoms with van der Waals surface area (Å²) < 4.78 is 1.95. The van der Waals surface area contributed by atoms with Crippen molar-refractivity contribution in [2.24, 2.45) is 12.8 Å². The van der Waals surface area contributed by atoms with Crippen LogP contribution in [0.15, 0.2) is 66.1 Å². The minimum Gasteiger partial charge on any atom is -0.366 e. The number of nitrogens with one attached hydrogen (secondary N) is 1. The highest BCUT2D eigenvalue weighted by atomic mass is 32.2. The Kier molecular flexibility index (Phi) is 5.38. The molecule has 3 N–H and O–H groups in total. The molecule has 0 saturated carbocycles. The summed E-state index contributed by atoms with van der Waals surface area (Å²) >= 11 is 1.60. The van der Waals surface area contributed by atoms with Crippen molar-refractivity contribution in [3.63, 3.8) is 0 Å². The van der Waals surface area contributed by atoms with Crippen LogP contribution in [0.1, 0.15) is 26.3 Å². The fraction of sp³-hybridized carbons (Fsp3) is 0.105. The number of aryl methyl sites for hydroxylation is 1. The molecular weight excluding hydrogens is 348 g/mol. The van der Waals surface area contributed by atoms with Crippen molar-refractivity contribution in [1.82, 2.24) is 9.55 Å². The highest BCUT2D eigenvalue weighted by molar-refractivity contribution is 7.98. The lowest BCUT2D eigenvalue weighted by Gasteiger charge is -2.10. The van der Waals surface area contributed by atoms with E-state index in [1.165, 1.54) is 0 Å². The number of primary amides is 1. The first-order chi connectivity index (χ1) is 12.5. The minimum absolute atomic E-state index is 0.280. The highest BCUT2D eigenvalue weighted by Crippen LogP contribution is 2.22. The number of thioether (sulfide) groups is 1. The van der Waals surface area contributed by atoms with Gasteiger partial charge in [-0.05, 0) is 29.8 Å². The van der Waals surface area contributed by atoms with E-state index in [0.29, 0.717) is 17.0 Å². The maximum Gasteiger partial charge on any atom is 0.255 e. The van der Waals surface area contributed by atoms with Crippen molar-refractivity contribution < 1.29 is 9.59 Å². The Bertz CT molecular complexity index is 952. The SMILES string of the molecule is Cn1ccnc1SCc1cccc(C(=O)Nc2ccccc2C(N)=O)c1. The van der Waals surface area contributed by atoms with E-state index in [9.17, 15) is 9.59 Å². The summed E-state index contributed by atoms with van der Waals surface area (Å²) in [5, 5.41) is 3.66. The van der Waals surface area contributed by atoms with E-state index in [1.807, 2.05) is 36.0 Å². The number of aromatic nitrogens is 2. The van der Waals surface area contributed by atoms with Gasteiger partial charge in [0, 0.05) is 30.8 Å². The second kappa shape index (κ2) is 7.88. The van der Waals surface area contributed by atoms with Crippen LogP contribution in [0.5, 0.6) is 0 Å². The predicted octanol–water partition coefficient (Wildman–Crippen LogP) is 3.06. The molecule has 2 amide bonds. The maximum absolute atomic E-state index is 12.5. The minimum atomic E-state index is -0.582. The topological polar surface area (TPSA) is 90.0 Å². The molecule has 0 bridgehead atoms. The second-order valence-electron chi connectivity index (χ2n) is 5.67. The molecule has 1 heterocycles. The first-order valence-corrected chi connectivity index (χ1v) is 8.92. The normalized spacial score (nSPS) is 10.5. The van der Waals surface area contributed by atoms with Crippen LogP contribution >= 0.6 is 11.8 Å². The largest absolute Gasteiger partial charge is 0.366 e. The number of carbonyl (C=O) groups excluding carboxylic acids is 2. The number of hydrogen-bond acceptors (Lipinski definition) is 4. The van der Waals surface area contributed by atoms with Gasteiger partial charge in [-0.15, -0.1) is 0 Å². The van der Waals surface area contributed by atoms with Gasteiger partial charge in [0.25, 0.3) is 11.8 Å². The van der Waals surface area contributed by atoms with Crippen molar-refractivity contribution in [3.05, 3.63) is 77.6 Å². The first-order valence-electron chi connectivity index (χ1n) is 7.94. The number of imidazole rings is 1. The Balaban J connectivity index is 1.72. The fourth-order valence-electron chi connectivity index (χ4n) is 2.44. The summed E-state index contributed by atoms with van der Waals surface area (Å²) in [6.07, 6.45) is 3.64. The Morgan fingerprint density at radius 1 is 1.19 bits per heavy atom. The van der Waals surface area contributed by atoms with Crippen molar-refractivity contribution >= 4 is 29.3 Å². The zero-order valence-electron chi connectivity index (χ0n) is 14.2. The van der Waals surface area contributed by atoms with Crippen molar-refractivity contribution in [1.29, 1.82) is 0 Å². The Labute approximate surface area is 155 Å². The van der Waals surface area contributed by atoms with E-state index in [0.717, 1.165) is 10.7 Å². The quantitative estimate of drug-likeness (QED) is 0.656. The number of rotatable bonds is 6. The van der Waals surface area contributed by atoms with Gasteiger partial charge in [0.1, 0.15) is 0 Å². The molecule has 7 heteroatoms. The van der Waals surface area contributed by atoms with Crippen molar-refractivity contribution in [2.75, 3.05) is 5.32 Å². The van der Waals surface area contributed by atoms with Crippen LogP contribution in [0, 0.1) is 0 Å². The zero-order chi connectivity index (χ0) is 18.5. The number of nitrogens with two attached hydrogens (primary N) is 1. The molecule has 3 rings (SSSR count). The second-order valence-corrected chi connectivity index (χ2v) is 6.62. The van der Waals surface area contributed by atoms with E-state index in [4.69, 9.17) is 5.73 Å². The van der Waals surface area contributed by atoms with E-state index >= 15 is 0 Å². The number of amides is 2. The molecule has 0 spiro atoms. The number of para-hydroxylation sites is 1. The lowest BCUT2D eigenvalue weighted by atomic mass is 10.1. The lowest BCUT2D eigenvalue weighted by molar-refractivity contribution is 0.100. The summed E-state index contributed by atoms with van der Waals surface area (Å²) in [4.78, 5) is 28.3. The molecule has 0 aliphatic carbocycles. The Hall–Kier alpha value is -3.06. The van der Waals surface area contributed by atoms with Crippen LogP contribution in [-0.2, 0) is 12.8 Å². The number of hydrogen-bond donors (Lipinski definition) is 2. The predicted molar refractivity (Wildman–Crippen MR) is 102 cm³/mol. The number of benzene rings is 2. The number of anilines is 1. The van der Waals surface area contributed by atoms with Gasteiger partial charge >= 0.3 is 0 Å². The summed E-state index contributed by atoms with van der Waals surface area (Å²) in [6.45, 7) is 0. The molecule has 0 saturated heterocycles. The van der Waals surface area contributed by atoms with Crippen LogP contribution in [0.2, 0.25) is 0 Å². The molecular formula is C19H18N4O2S. The standard InChI is InChI=1S/C19H18N4O2S/c1-23-10-9-21-19(23)26-12-13-5-4-6-14(11-13)18(25)22-16-8-3-2-7-15(16)17(20)24/h2-11H,12H2,1H3,(H2,20,24)(H,22,25). The molecule has 132 valence electrons. The van der Waals surface area contributed by atoms with E-state index in [-0.39, 0.29) is 11.5 Å². The summed E-state index contributed by atoms with van der Waals surface area (Å²) in [5.74, 6) is -0.173. The van der Waals surface area contributed by atoms with E-state index < -0.39 is 5.91 Å². The fourth-order valence-corrected chi connectivity index (χ4v) is 3.32. The van der Waals surface area contributed by atoms with Gasteiger partial charge in [-0.3, -0.25) is 9.59 Å². The maximum atomic E-state index is 12.5. The summed E-state index contributed by atoms with van der Waals surface area (Å²) in [7, 11) is 1.94. The third-order valence-electron chi connectivity index (χ3n) is 3.77. The third-order valence-corrected chi connectivity index (χ3v) is 4.90. The third kappa shape index (κ3) is 4.12. The molecule has 6 nitrogen and oxygen atoms in total. The van der Waals surface area contributed by atoms with Gasteiger partial charge in [-0.2, -0.15) is 0 Å². The number of nitrogens with zero attached hydrogens (tertiary/aromatic N) is 2. The smallest absolute Gasteiger partial charge is 0.255 e. The van der Waals surface area contributed by atoms with Crippen LogP contribution < -0.4 is 11.1 Å². The van der Waals surface area contributed by atoms with E-state index in [2.05, 4.69) is 10.3 Å². The van der Waals surface area contributed by atoms with Crippen LogP contribution in [-0.4, -0.2) is 21.4 Å². The average molecular weight is 366 g/mol. The van der Waals surface area contributed by atoms with Crippen LogP contribution in [0.25, 0.3) is 0 Å². The van der Waals surface area contributed by atoms with Gasteiger partial charge < -0.3 is 15.6 Å². The molecule has 0 fully saturated rings. The molecule has 0 atom stereocenters. The van der Waals surface area contributed by atoms with Gasteiger partial charge in [-0.25, -0.2) is 4.98 Å². The Morgan fingerprint density at radius 3 is 2.73 bits per heavy atom. The summed E-state index contributed by atoms with van der Waals surface area (Å²) in [6, 6.07) is 14.0. The molecule has 3 aromatic rings. The molecule has 26 heavy (non-hydrogen) atoms. The molecule has 0 aliphatic heterocycles. The Morgan fingerprint density at radius 2 is 2.00 bits per heavy atom. The van der Waals surface area contributed by atoms with Gasteiger partial charge in [-0.1, -0.05) is 36.0 Å². The van der Waals surface area contributed by atoms with Crippen LogP contribution in [0.3, 0.4) is 0 Å². The number of carbonyl (C=O) groups is 2. The zero-order valence-corrected chi connectivity index (χ0v) is 15.0. The van der Waals surface area contributed by atoms with Crippen molar-refractivity contribution in [3.8, 4) is 0 Å². The lowest BCUT2D eigenvalue weighted by Crippen LogP contribution is -2.18. The molecule has 2 aromatic carbocycles. The highest BCUT2D eigenvalue weighted by Gasteiger charge is 2.12.